The van der Waals surface area contributed by atoms with E-state index < -0.39 is 10.0 Å². The molecule has 10 heteroatoms. The van der Waals surface area contributed by atoms with Gasteiger partial charge in [-0.2, -0.15) is 0 Å². The predicted octanol–water partition coefficient (Wildman–Crippen LogP) is 6.34. The standard InChI is InChI=1S/C32H32N4O4S2/c1-40-26-16-18-27(19-17-26)42(38,39)33-21-23-36(32(37)35-31-34-29-14-8-9-15-30(29)41-31)22-20-28(24-10-4-2-5-11-24)25-12-6-3-7-13-25/h2-19,28,33H,20-23H2,1H3,(H,34,35,37). The van der Waals surface area contributed by atoms with Crippen molar-refractivity contribution >= 4 is 42.7 Å². The SMILES string of the molecule is COc1ccc(S(=O)(=O)NCCN(CCC(c2ccccc2)c2ccccc2)C(=O)Nc2nc3ccccc3s2)cc1. The Morgan fingerprint density at radius 3 is 2.10 bits per heavy atom. The van der Waals surface area contributed by atoms with Crippen LogP contribution < -0.4 is 14.8 Å². The lowest BCUT2D eigenvalue weighted by Crippen LogP contribution is -2.41. The normalized spacial score (nSPS) is 11.5. The van der Waals surface area contributed by atoms with Crippen LogP contribution in [0.15, 0.2) is 114 Å². The molecular formula is C32H32N4O4S2. The average molecular weight is 601 g/mol. The van der Waals surface area contributed by atoms with Crippen LogP contribution in [0.2, 0.25) is 0 Å². The van der Waals surface area contributed by atoms with Gasteiger partial charge in [-0.05, 0) is 53.9 Å². The number of hydrogen-bond donors (Lipinski definition) is 2. The molecule has 216 valence electrons. The van der Waals surface area contributed by atoms with Crippen LogP contribution in [-0.2, 0) is 10.0 Å². The van der Waals surface area contributed by atoms with Crippen molar-refractivity contribution in [2.24, 2.45) is 0 Å². The van der Waals surface area contributed by atoms with E-state index in [4.69, 9.17) is 4.74 Å². The number of ether oxygens (including phenoxy) is 1. The molecule has 0 radical (unpaired) electrons. The third-order valence-electron chi connectivity index (χ3n) is 6.93. The summed E-state index contributed by atoms with van der Waals surface area (Å²) in [7, 11) is -2.25. The summed E-state index contributed by atoms with van der Waals surface area (Å²) in [5.74, 6) is 0.624. The van der Waals surface area contributed by atoms with Gasteiger partial charge in [0, 0.05) is 25.6 Å². The molecule has 8 nitrogen and oxygen atoms in total. The molecule has 0 spiro atoms. The Morgan fingerprint density at radius 2 is 1.48 bits per heavy atom. The summed E-state index contributed by atoms with van der Waals surface area (Å²) in [4.78, 5) is 19.9. The van der Waals surface area contributed by atoms with Gasteiger partial charge in [-0.3, -0.25) is 5.32 Å². The first-order valence-corrected chi connectivity index (χ1v) is 15.9. The van der Waals surface area contributed by atoms with Gasteiger partial charge in [-0.15, -0.1) is 0 Å². The van der Waals surface area contributed by atoms with E-state index >= 15 is 0 Å². The van der Waals surface area contributed by atoms with Gasteiger partial charge in [0.25, 0.3) is 0 Å². The molecule has 0 unspecified atom stereocenters. The summed E-state index contributed by atoms with van der Waals surface area (Å²) < 4.78 is 34.6. The van der Waals surface area contributed by atoms with Crippen molar-refractivity contribution in [1.82, 2.24) is 14.6 Å². The Kier molecular flexibility index (Phi) is 9.48. The molecule has 0 fully saturated rings. The molecule has 2 amide bonds. The number of para-hydroxylation sites is 1. The molecule has 5 rings (SSSR count). The fourth-order valence-corrected chi connectivity index (χ4v) is 6.62. The van der Waals surface area contributed by atoms with Gasteiger partial charge in [0.2, 0.25) is 10.0 Å². The first-order valence-electron chi connectivity index (χ1n) is 13.6. The quantitative estimate of drug-likeness (QED) is 0.174. The maximum absolute atomic E-state index is 13.6. The zero-order chi connectivity index (χ0) is 29.4. The van der Waals surface area contributed by atoms with Crippen molar-refractivity contribution in [1.29, 1.82) is 0 Å². The predicted molar refractivity (Wildman–Crippen MR) is 168 cm³/mol. The molecule has 0 saturated heterocycles. The number of fused-ring (bicyclic) bond motifs is 1. The van der Waals surface area contributed by atoms with Gasteiger partial charge in [-0.1, -0.05) is 84.1 Å². The first kappa shape index (κ1) is 29.2. The second kappa shape index (κ2) is 13.6. The highest BCUT2D eigenvalue weighted by Crippen LogP contribution is 2.29. The smallest absolute Gasteiger partial charge is 0.323 e. The maximum Gasteiger partial charge on any atom is 0.323 e. The number of carbonyl (C=O) groups is 1. The Balaban J connectivity index is 1.33. The molecular weight excluding hydrogens is 569 g/mol. The van der Waals surface area contributed by atoms with Crippen molar-refractivity contribution in [3.63, 3.8) is 0 Å². The largest absolute Gasteiger partial charge is 0.497 e. The molecule has 0 bridgehead atoms. The third-order valence-corrected chi connectivity index (χ3v) is 9.36. The lowest BCUT2D eigenvalue weighted by Gasteiger charge is -2.26. The van der Waals surface area contributed by atoms with Crippen LogP contribution in [0.25, 0.3) is 10.2 Å². The lowest BCUT2D eigenvalue weighted by molar-refractivity contribution is 0.211. The van der Waals surface area contributed by atoms with Crippen molar-refractivity contribution in [3.05, 3.63) is 120 Å². The summed E-state index contributed by atoms with van der Waals surface area (Å²) in [5.41, 5.74) is 3.11. The molecule has 0 atom stereocenters. The van der Waals surface area contributed by atoms with E-state index in [0.717, 1.165) is 21.3 Å². The molecule has 0 aliphatic rings. The topological polar surface area (TPSA) is 101 Å². The van der Waals surface area contributed by atoms with Crippen LogP contribution in [0.1, 0.15) is 23.5 Å². The number of benzene rings is 4. The molecule has 4 aromatic carbocycles. The van der Waals surface area contributed by atoms with E-state index in [9.17, 15) is 13.2 Å². The molecule has 0 aliphatic carbocycles. The number of hydrogen-bond acceptors (Lipinski definition) is 6. The number of nitrogens with zero attached hydrogens (tertiary/aromatic N) is 2. The van der Waals surface area contributed by atoms with Gasteiger partial charge in [-0.25, -0.2) is 22.9 Å². The summed E-state index contributed by atoms with van der Waals surface area (Å²) in [5, 5.41) is 3.42. The van der Waals surface area contributed by atoms with E-state index in [2.05, 4.69) is 39.3 Å². The van der Waals surface area contributed by atoms with Crippen molar-refractivity contribution in [3.8, 4) is 5.75 Å². The second-order valence-electron chi connectivity index (χ2n) is 9.64. The Labute approximate surface area is 250 Å². The van der Waals surface area contributed by atoms with E-state index in [-0.39, 0.29) is 29.9 Å². The number of anilines is 1. The molecule has 2 N–H and O–H groups in total. The molecule has 5 aromatic rings. The van der Waals surface area contributed by atoms with E-state index in [1.807, 2.05) is 60.7 Å². The molecule has 1 heterocycles. The second-order valence-corrected chi connectivity index (χ2v) is 12.4. The zero-order valence-corrected chi connectivity index (χ0v) is 24.8. The number of methoxy groups -OCH3 is 1. The van der Waals surface area contributed by atoms with Gasteiger partial charge in [0.15, 0.2) is 5.13 Å². The van der Waals surface area contributed by atoms with Crippen LogP contribution in [0.3, 0.4) is 0 Å². The average Bonchev–Trinajstić information content (AvgIpc) is 3.43. The Hall–Kier alpha value is -4.25. The molecule has 0 aliphatic heterocycles. The van der Waals surface area contributed by atoms with Crippen molar-refractivity contribution in [2.45, 2.75) is 17.2 Å². The first-order chi connectivity index (χ1) is 20.4. The number of carbonyl (C=O) groups excluding carboxylic acids is 1. The molecule has 0 saturated carbocycles. The highest BCUT2D eigenvalue weighted by molar-refractivity contribution is 7.89. The zero-order valence-electron chi connectivity index (χ0n) is 23.1. The van der Waals surface area contributed by atoms with Gasteiger partial charge < -0.3 is 9.64 Å². The minimum atomic E-state index is -3.77. The number of aromatic nitrogens is 1. The Bertz CT molecular complexity index is 1640. The summed E-state index contributed by atoms with van der Waals surface area (Å²) in [6, 6.07) is 33.9. The van der Waals surface area contributed by atoms with E-state index in [1.165, 1.54) is 30.6 Å². The third kappa shape index (κ3) is 7.33. The number of urea groups is 1. The number of nitrogens with one attached hydrogen (secondary N) is 2. The Morgan fingerprint density at radius 1 is 0.857 bits per heavy atom. The van der Waals surface area contributed by atoms with Gasteiger partial charge in [0.05, 0.1) is 22.2 Å². The number of sulfonamides is 1. The van der Waals surface area contributed by atoms with E-state index in [1.54, 1.807) is 17.0 Å². The van der Waals surface area contributed by atoms with Crippen LogP contribution in [0.4, 0.5) is 9.93 Å². The summed E-state index contributed by atoms with van der Waals surface area (Å²) >= 11 is 1.40. The molecule has 42 heavy (non-hydrogen) atoms. The fourth-order valence-electron chi connectivity index (χ4n) is 4.75. The highest BCUT2D eigenvalue weighted by atomic mass is 32.2. The minimum Gasteiger partial charge on any atom is -0.497 e. The minimum absolute atomic E-state index is 0.0446. The van der Waals surface area contributed by atoms with Gasteiger partial charge >= 0.3 is 6.03 Å². The van der Waals surface area contributed by atoms with Crippen LogP contribution in [0.5, 0.6) is 5.75 Å². The summed E-state index contributed by atoms with van der Waals surface area (Å²) in [6.07, 6.45) is 0.645. The van der Waals surface area contributed by atoms with Crippen LogP contribution in [0, 0.1) is 0 Å². The number of rotatable bonds is 12. The number of thiazole rings is 1. The maximum atomic E-state index is 13.6. The van der Waals surface area contributed by atoms with Gasteiger partial charge in [0.1, 0.15) is 5.75 Å². The monoisotopic (exact) mass is 600 g/mol. The van der Waals surface area contributed by atoms with Crippen LogP contribution >= 0.6 is 11.3 Å². The number of amides is 2. The van der Waals surface area contributed by atoms with Crippen molar-refractivity contribution in [2.75, 3.05) is 32.1 Å². The lowest BCUT2D eigenvalue weighted by atomic mass is 9.88. The molecule has 1 aromatic heterocycles. The highest BCUT2D eigenvalue weighted by Gasteiger charge is 2.21. The summed E-state index contributed by atoms with van der Waals surface area (Å²) in [6.45, 7) is 0.612. The van der Waals surface area contributed by atoms with Crippen molar-refractivity contribution < 1.29 is 17.9 Å². The van der Waals surface area contributed by atoms with Crippen LogP contribution in [-0.4, -0.2) is 51.1 Å². The fraction of sp³-hybridized carbons (Fsp3) is 0.188. The van der Waals surface area contributed by atoms with E-state index in [0.29, 0.717) is 23.8 Å².